The van der Waals surface area contributed by atoms with Crippen molar-refractivity contribution in [2.45, 2.75) is 59.0 Å². The van der Waals surface area contributed by atoms with Crippen LogP contribution in [0.15, 0.2) is 46.8 Å². The Balaban J connectivity index is 0.00000408. The van der Waals surface area contributed by atoms with Gasteiger partial charge >= 0.3 is 5.97 Å². The van der Waals surface area contributed by atoms with Gasteiger partial charge in [0.05, 0.1) is 5.57 Å². The van der Waals surface area contributed by atoms with Gasteiger partial charge in [0, 0.05) is 48.6 Å². The van der Waals surface area contributed by atoms with Gasteiger partial charge in [-0.2, -0.15) is 6.41 Å². The molecule has 1 heterocycles. The Hall–Kier alpha value is -4.42. The number of carboxylic acids is 1. The molecular weight excluding hydrogens is 679 g/mol. The zero-order valence-corrected chi connectivity index (χ0v) is 21.9. The Morgan fingerprint density at radius 1 is 1.29 bits per heavy atom. The van der Waals surface area contributed by atoms with E-state index in [2.05, 4.69) is 10.3 Å². The van der Waals surface area contributed by atoms with Crippen LogP contribution < -0.4 is 5.32 Å². The summed E-state index contributed by atoms with van der Waals surface area (Å²) in [6, 6.07) is 6.62. The second-order valence-electron chi connectivity index (χ2n) is 9.28. The number of carboxylic acid groups (broad SMARTS) is 1. The van der Waals surface area contributed by atoms with Crippen molar-refractivity contribution >= 4 is 34.8 Å². The molecule has 0 spiro atoms. The number of benzene rings is 1. The Kier molecular flexibility index (Phi) is 7.95. The number of carbonyl (C=O) groups is 2. The Morgan fingerprint density at radius 2 is 2.00 bits per heavy atom. The molecule has 1 atom stereocenters. The van der Waals surface area contributed by atoms with Crippen molar-refractivity contribution in [3.05, 3.63) is 47.4 Å². The molecule has 0 saturated heterocycles. The molecule has 9 heteroatoms. The molecule has 0 fully saturated rings. The molecule has 0 saturated carbocycles. The second kappa shape index (κ2) is 10.5. The molecule has 2 aromatic rings. The van der Waals surface area contributed by atoms with Crippen LogP contribution in [0, 0.1) is 5.41 Å². The maximum Gasteiger partial charge on any atom is 0.328 e. The van der Waals surface area contributed by atoms with Crippen molar-refractivity contribution in [3.63, 3.8) is 0 Å². The summed E-state index contributed by atoms with van der Waals surface area (Å²) in [5, 5.41) is 23.8. The van der Waals surface area contributed by atoms with Crippen LogP contribution in [0.3, 0.4) is 0 Å². The van der Waals surface area contributed by atoms with Gasteiger partial charge in [0.1, 0.15) is 5.76 Å². The molecule has 1 unspecified atom stereocenters. The first kappa shape index (κ1) is 25.8. The maximum atomic E-state index is 12.6. The first-order chi connectivity index (χ1) is 15.6. The molecule has 188 valence electrons. The number of hydrogen-bond donors (Lipinski definition) is 3. The summed E-state index contributed by atoms with van der Waals surface area (Å²) in [4.78, 5) is 39.4. The second-order valence-corrected chi connectivity index (χ2v) is 9.28. The molecule has 1 aliphatic rings. The molecule has 1 aromatic carbocycles. The van der Waals surface area contributed by atoms with E-state index in [1.807, 2.05) is 48.9 Å². The van der Waals surface area contributed by atoms with Gasteiger partial charge in [-0.3, -0.25) is 9.79 Å². The summed E-state index contributed by atoms with van der Waals surface area (Å²) in [5.74, 6) is -1.34. The van der Waals surface area contributed by atoms with E-state index in [9.17, 15) is 24.6 Å². The summed E-state index contributed by atoms with van der Waals surface area (Å²) >= 11 is 0. The SMILES string of the molecule is CC(=NC(Cc1cn(CCCN[C-]=O)c2ccccc12)C(=O)O)C1=C(O)CC(C)(C)CC1=O.[Fm]. The molecular formula is C25H30FmN3O5-. The minimum atomic E-state index is -1.10. The van der Waals surface area contributed by atoms with E-state index in [1.165, 1.54) is 0 Å². The van der Waals surface area contributed by atoms with Crippen LogP contribution in [0.4, 0.5) is 0 Å². The molecule has 3 rings (SSSR count). The third kappa shape index (κ3) is 5.68. The number of aliphatic carboxylic acids is 1. The van der Waals surface area contributed by atoms with Crippen molar-refractivity contribution in [2.24, 2.45) is 10.4 Å². The number of aryl methyl sites for hydroxylation is 1. The zero-order valence-electron chi connectivity index (χ0n) is 19.5. The normalized spacial score (nSPS) is 16.8. The van der Waals surface area contributed by atoms with E-state index in [-0.39, 0.29) is 41.1 Å². The minimum absolute atomic E-state index is 0. The number of aliphatic imine (C=N–C) groups is 1. The fraction of sp³-hybridized carbons (Fsp3) is 0.440. The van der Waals surface area contributed by atoms with Crippen molar-refractivity contribution < 1.29 is 24.6 Å². The predicted molar refractivity (Wildman–Crippen MR) is 126 cm³/mol. The Labute approximate surface area is 193 Å². The Morgan fingerprint density at radius 3 is 2.65 bits per heavy atom. The zero-order chi connectivity index (χ0) is 24.2. The molecule has 0 bridgehead atoms. The number of allylic oxidation sites excluding steroid dienone is 2. The summed E-state index contributed by atoms with van der Waals surface area (Å²) < 4.78 is 2.04. The third-order valence-corrected chi connectivity index (χ3v) is 5.91. The third-order valence-electron chi connectivity index (χ3n) is 5.91. The summed E-state index contributed by atoms with van der Waals surface area (Å²) in [7, 11) is 0. The number of nitrogens with one attached hydrogen (secondary N) is 1. The van der Waals surface area contributed by atoms with Crippen molar-refractivity contribution in [1.82, 2.24) is 9.88 Å². The number of aliphatic hydroxyl groups excluding tert-OH is 1. The van der Waals surface area contributed by atoms with Gasteiger partial charge in [0.15, 0.2) is 11.8 Å². The fourth-order valence-corrected chi connectivity index (χ4v) is 4.45. The van der Waals surface area contributed by atoms with E-state index in [4.69, 9.17) is 0 Å². The molecule has 1 aromatic heterocycles. The van der Waals surface area contributed by atoms with E-state index in [0.29, 0.717) is 25.9 Å². The standard InChI is InChI=1S/C25H30N3O5.Fm/c1-16(23-21(30)12-25(2,3)13-22(23)31)27-19(24(32)33)11-17-14-28(10-6-9-26-15-29)20-8-5-4-7-18(17)20;/h4-5,7-8,14,19,30H,6,9-13H2,1-3H3,(H,26,29)(H,32,33);/q-1;. The molecule has 34 heavy (non-hydrogen) atoms. The first-order valence-corrected chi connectivity index (χ1v) is 11.0. The van der Waals surface area contributed by atoms with Crippen molar-refractivity contribution in [3.8, 4) is 0 Å². The number of aliphatic hydroxyl groups is 1. The maximum absolute atomic E-state index is 12.6. The molecule has 8 nitrogen and oxygen atoms in total. The topological polar surface area (TPSA) is 121 Å². The van der Waals surface area contributed by atoms with Crippen LogP contribution in [-0.4, -0.2) is 51.2 Å². The monoisotopic (exact) mass is 709 g/mol. The number of ketones is 1. The first-order valence-electron chi connectivity index (χ1n) is 11.0. The summed E-state index contributed by atoms with van der Waals surface area (Å²) in [5.41, 5.74) is 1.86. The van der Waals surface area contributed by atoms with Gasteiger partial charge in [-0.1, -0.05) is 32.0 Å². The van der Waals surface area contributed by atoms with Gasteiger partial charge in [-0.15, -0.1) is 0 Å². The van der Waals surface area contributed by atoms with Crippen LogP contribution in [0.25, 0.3) is 10.9 Å². The number of hydrogen-bond acceptors (Lipinski definition) is 5. The molecule has 0 aliphatic heterocycles. The smallest absolute Gasteiger partial charge is 0.328 e. The molecule has 1 amide bonds. The largest absolute Gasteiger partial charge is 0.530 e. The average Bonchev–Trinajstić information content (AvgIpc) is 3.07. The van der Waals surface area contributed by atoms with Gasteiger partial charge in [0.2, 0.25) is 0 Å². The summed E-state index contributed by atoms with van der Waals surface area (Å²) in [6.07, 6.45) is 5.06. The van der Waals surface area contributed by atoms with Crippen LogP contribution in [0.2, 0.25) is 0 Å². The molecule has 0 radical (unpaired) electrons. The molecule has 1 aliphatic carbocycles. The fourth-order valence-electron chi connectivity index (χ4n) is 4.45. The van der Waals surface area contributed by atoms with Gasteiger partial charge in [-0.25, -0.2) is 4.79 Å². The van der Waals surface area contributed by atoms with Crippen LogP contribution >= 0.6 is 0 Å². The van der Waals surface area contributed by atoms with E-state index < -0.39 is 12.0 Å². The number of aromatic nitrogens is 1. The summed E-state index contributed by atoms with van der Waals surface area (Å²) in [6.45, 7) is 6.55. The van der Waals surface area contributed by atoms with Crippen LogP contribution in [0.5, 0.6) is 0 Å². The number of Topliss-reactive ketones (excluding diaryl/α,β-unsaturated/α-hetero) is 1. The average molecular weight is 710 g/mol. The quantitative estimate of drug-likeness (QED) is 0.151. The number of fused-ring (bicyclic) bond motifs is 1. The van der Waals surface area contributed by atoms with Crippen LogP contribution in [-0.2, 0) is 27.3 Å². The number of carbonyl (C=O) groups excluding carboxylic acids is 2. The van der Waals surface area contributed by atoms with Gasteiger partial charge in [-0.05, 0) is 36.9 Å². The van der Waals surface area contributed by atoms with Gasteiger partial charge < -0.3 is 24.9 Å². The number of rotatable bonds is 10. The van der Waals surface area contributed by atoms with Gasteiger partial charge in [0.25, 0.3) is 0 Å². The van der Waals surface area contributed by atoms with Crippen molar-refractivity contribution in [2.75, 3.05) is 6.54 Å². The van der Waals surface area contributed by atoms with E-state index in [1.54, 1.807) is 13.3 Å². The minimum Gasteiger partial charge on any atom is -0.530 e. The van der Waals surface area contributed by atoms with Crippen LogP contribution in [0.1, 0.15) is 45.6 Å². The number of para-hydroxylation sites is 1. The number of nitrogens with zero attached hydrogens (tertiary/aromatic N) is 2. The van der Waals surface area contributed by atoms with Crippen molar-refractivity contribution in [1.29, 1.82) is 0 Å². The van der Waals surface area contributed by atoms with E-state index in [0.717, 1.165) is 16.5 Å². The Bertz CT molecular complexity index is 1130. The van der Waals surface area contributed by atoms with E-state index >= 15 is 0 Å². The predicted octanol–water partition coefficient (Wildman–Crippen LogP) is 3.35. The number of amides is 1. The molecule has 3 N–H and O–H groups in total.